The third kappa shape index (κ3) is 4.17. The standard InChI is InChI=1S/C14H14N4O4/c1-9(8-22-10-5-3-2-4-6-10)17-18-13(20)11-7-15-14(21)16-12(11)19/h2-7H,8H2,1H3,(H,18,20)(H2,15,16,19,21). The molecule has 0 aliphatic heterocycles. The van der Waals surface area contributed by atoms with Crippen LogP contribution >= 0.6 is 0 Å². The van der Waals surface area contributed by atoms with Crippen molar-refractivity contribution in [3.05, 3.63) is 62.9 Å². The second-order valence-electron chi connectivity index (χ2n) is 4.38. The summed E-state index contributed by atoms with van der Waals surface area (Å²) >= 11 is 0. The van der Waals surface area contributed by atoms with Gasteiger partial charge in [-0.15, -0.1) is 0 Å². The minimum Gasteiger partial charge on any atom is -0.488 e. The number of ether oxygens (including phenoxy) is 1. The van der Waals surface area contributed by atoms with Crippen molar-refractivity contribution in [3.63, 3.8) is 0 Å². The van der Waals surface area contributed by atoms with Crippen LogP contribution in [0.3, 0.4) is 0 Å². The third-order valence-electron chi connectivity index (χ3n) is 2.60. The molecule has 8 heteroatoms. The Morgan fingerprint density at radius 2 is 2.00 bits per heavy atom. The summed E-state index contributed by atoms with van der Waals surface area (Å²) in [6.07, 6.45) is 1.03. The van der Waals surface area contributed by atoms with E-state index in [2.05, 4.69) is 15.5 Å². The van der Waals surface area contributed by atoms with Gasteiger partial charge in [0.1, 0.15) is 17.9 Å². The number of para-hydroxylation sites is 1. The molecule has 0 atom stereocenters. The molecule has 1 aromatic heterocycles. The number of nitrogens with zero attached hydrogens (tertiary/aromatic N) is 1. The van der Waals surface area contributed by atoms with E-state index in [9.17, 15) is 14.4 Å². The van der Waals surface area contributed by atoms with Gasteiger partial charge in [-0.2, -0.15) is 5.10 Å². The Morgan fingerprint density at radius 1 is 1.27 bits per heavy atom. The fraction of sp³-hybridized carbons (Fsp3) is 0.143. The van der Waals surface area contributed by atoms with E-state index in [1.54, 1.807) is 19.1 Å². The van der Waals surface area contributed by atoms with Crippen LogP contribution in [-0.2, 0) is 0 Å². The quantitative estimate of drug-likeness (QED) is 0.542. The molecule has 0 saturated heterocycles. The first-order chi connectivity index (χ1) is 10.6. The summed E-state index contributed by atoms with van der Waals surface area (Å²) in [4.78, 5) is 38.2. The molecule has 0 saturated carbocycles. The molecule has 1 aromatic carbocycles. The van der Waals surface area contributed by atoms with Crippen LogP contribution in [0.4, 0.5) is 0 Å². The van der Waals surface area contributed by atoms with Gasteiger partial charge in [-0.25, -0.2) is 10.2 Å². The Kier molecular flexibility index (Phi) is 4.86. The molecular formula is C14H14N4O4. The van der Waals surface area contributed by atoms with E-state index < -0.39 is 17.2 Å². The third-order valence-corrected chi connectivity index (χ3v) is 2.60. The number of hydrogen-bond acceptors (Lipinski definition) is 5. The lowest BCUT2D eigenvalue weighted by atomic mass is 10.3. The van der Waals surface area contributed by atoms with Gasteiger partial charge >= 0.3 is 5.69 Å². The summed E-state index contributed by atoms with van der Waals surface area (Å²) < 4.78 is 5.45. The fourth-order valence-corrected chi connectivity index (χ4v) is 1.52. The van der Waals surface area contributed by atoms with Gasteiger partial charge in [-0.3, -0.25) is 14.6 Å². The largest absolute Gasteiger partial charge is 0.488 e. The maximum Gasteiger partial charge on any atom is 0.325 e. The van der Waals surface area contributed by atoms with Crippen LogP contribution in [0.25, 0.3) is 0 Å². The number of nitrogens with one attached hydrogen (secondary N) is 3. The van der Waals surface area contributed by atoms with Crippen LogP contribution in [0.5, 0.6) is 5.75 Å². The molecule has 114 valence electrons. The predicted molar refractivity (Wildman–Crippen MR) is 80.2 cm³/mol. The molecule has 2 rings (SSSR count). The Labute approximate surface area is 124 Å². The van der Waals surface area contributed by atoms with Crippen LogP contribution in [0.2, 0.25) is 0 Å². The summed E-state index contributed by atoms with van der Waals surface area (Å²) in [6.45, 7) is 1.85. The van der Waals surface area contributed by atoms with Gasteiger partial charge in [0.2, 0.25) is 0 Å². The van der Waals surface area contributed by atoms with E-state index in [0.717, 1.165) is 6.20 Å². The normalized spacial score (nSPS) is 11.0. The summed E-state index contributed by atoms with van der Waals surface area (Å²) in [7, 11) is 0. The number of aromatic nitrogens is 2. The molecule has 1 amide bonds. The molecule has 8 nitrogen and oxygen atoms in total. The number of rotatable bonds is 5. The van der Waals surface area contributed by atoms with E-state index in [0.29, 0.717) is 11.5 Å². The zero-order valence-electron chi connectivity index (χ0n) is 11.8. The topological polar surface area (TPSA) is 116 Å². The maximum atomic E-state index is 11.8. The highest BCUT2D eigenvalue weighted by molar-refractivity contribution is 5.94. The van der Waals surface area contributed by atoms with Crippen molar-refractivity contribution in [1.29, 1.82) is 0 Å². The summed E-state index contributed by atoms with van der Waals surface area (Å²) in [6, 6.07) is 9.14. The van der Waals surface area contributed by atoms with Crippen molar-refractivity contribution >= 4 is 11.6 Å². The number of hydrazone groups is 1. The Morgan fingerprint density at radius 3 is 2.68 bits per heavy atom. The maximum absolute atomic E-state index is 11.8. The molecule has 3 N–H and O–H groups in total. The lowest BCUT2D eigenvalue weighted by Crippen LogP contribution is -2.32. The second kappa shape index (κ2) is 7.02. The van der Waals surface area contributed by atoms with Crippen LogP contribution in [0.1, 0.15) is 17.3 Å². The molecule has 22 heavy (non-hydrogen) atoms. The highest BCUT2D eigenvalue weighted by Gasteiger charge is 2.10. The molecule has 2 aromatic rings. The zero-order valence-corrected chi connectivity index (χ0v) is 11.8. The van der Waals surface area contributed by atoms with Crippen molar-refractivity contribution in [3.8, 4) is 5.75 Å². The monoisotopic (exact) mass is 302 g/mol. The Balaban J connectivity index is 1.94. The molecule has 0 aliphatic rings. The average molecular weight is 302 g/mol. The van der Waals surface area contributed by atoms with Gasteiger partial charge in [0.05, 0.1) is 5.71 Å². The van der Waals surface area contributed by atoms with Crippen LogP contribution < -0.4 is 21.4 Å². The van der Waals surface area contributed by atoms with Gasteiger partial charge in [-0.05, 0) is 19.1 Å². The van der Waals surface area contributed by atoms with Crippen molar-refractivity contribution in [2.24, 2.45) is 5.10 Å². The highest BCUT2D eigenvalue weighted by Crippen LogP contribution is 2.07. The summed E-state index contributed by atoms with van der Waals surface area (Å²) in [5.41, 5.74) is 1.03. The van der Waals surface area contributed by atoms with E-state index in [4.69, 9.17) is 4.74 Å². The minimum atomic E-state index is -0.783. The highest BCUT2D eigenvalue weighted by atomic mass is 16.5. The number of carbonyl (C=O) groups is 1. The van der Waals surface area contributed by atoms with Crippen molar-refractivity contribution in [1.82, 2.24) is 15.4 Å². The predicted octanol–water partition coefficient (Wildman–Crippen LogP) is 0.248. The lowest BCUT2D eigenvalue weighted by molar-refractivity contribution is 0.0952. The molecule has 0 fully saturated rings. The Hall–Kier alpha value is -3.16. The van der Waals surface area contributed by atoms with Crippen LogP contribution in [-0.4, -0.2) is 28.2 Å². The molecule has 0 spiro atoms. The molecule has 1 heterocycles. The van der Waals surface area contributed by atoms with Crippen LogP contribution in [0.15, 0.2) is 51.2 Å². The number of hydrogen-bond donors (Lipinski definition) is 3. The number of carbonyl (C=O) groups excluding carboxylic acids is 1. The first kappa shape index (κ1) is 15.2. The second-order valence-corrected chi connectivity index (χ2v) is 4.38. The smallest absolute Gasteiger partial charge is 0.325 e. The van der Waals surface area contributed by atoms with E-state index in [1.807, 2.05) is 23.2 Å². The van der Waals surface area contributed by atoms with E-state index in [-0.39, 0.29) is 12.2 Å². The van der Waals surface area contributed by atoms with Crippen molar-refractivity contribution < 1.29 is 9.53 Å². The van der Waals surface area contributed by atoms with Crippen molar-refractivity contribution in [2.45, 2.75) is 6.92 Å². The van der Waals surface area contributed by atoms with Crippen LogP contribution in [0, 0.1) is 0 Å². The molecule has 0 aliphatic carbocycles. The number of aromatic amines is 2. The fourth-order valence-electron chi connectivity index (χ4n) is 1.52. The number of amides is 1. The average Bonchev–Trinajstić information content (AvgIpc) is 2.51. The lowest BCUT2D eigenvalue weighted by Gasteiger charge is -2.05. The van der Waals surface area contributed by atoms with Crippen molar-refractivity contribution in [2.75, 3.05) is 6.61 Å². The molecular weight excluding hydrogens is 288 g/mol. The summed E-state index contributed by atoms with van der Waals surface area (Å²) in [5.74, 6) is -0.0444. The minimum absolute atomic E-state index is 0.187. The Bertz CT molecular complexity index is 792. The number of H-pyrrole nitrogens is 2. The molecule has 0 unspecified atom stereocenters. The van der Waals surface area contributed by atoms with Gasteiger partial charge in [0.15, 0.2) is 0 Å². The SMILES string of the molecule is CC(COc1ccccc1)=NNC(=O)c1c[nH]c(=O)[nH]c1=O. The van der Waals surface area contributed by atoms with Gasteiger partial charge in [-0.1, -0.05) is 18.2 Å². The van der Waals surface area contributed by atoms with E-state index in [1.165, 1.54) is 0 Å². The summed E-state index contributed by atoms with van der Waals surface area (Å²) in [5, 5.41) is 3.83. The first-order valence-electron chi connectivity index (χ1n) is 6.39. The van der Waals surface area contributed by atoms with Gasteiger partial charge < -0.3 is 9.72 Å². The molecule has 0 radical (unpaired) electrons. The number of benzene rings is 1. The molecule has 0 bridgehead atoms. The first-order valence-corrected chi connectivity index (χ1v) is 6.39. The van der Waals surface area contributed by atoms with Gasteiger partial charge in [0.25, 0.3) is 11.5 Å². The van der Waals surface area contributed by atoms with Gasteiger partial charge in [0, 0.05) is 6.20 Å². The van der Waals surface area contributed by atoms with E-state index >= 15 is 0 Å². The zero-order chi connectivity index (χ0) is 15.9.